The van der Waals surface area contributed by atoms with Gasteiger partial charge in [-0.15, -0.1) is 0 Å². The van der Waals surface area contributed by atoms with E-state index in [1.165, 1.54) is 12.1 Å². The number of nitro groups is 1. The van der Waals surface area contributed by atoms with E-state index in [1.54, 1.807) is 48.3 Å². The number of non-ortho nitro benzene ring substituents is 1. The Morgan fingerprint density at radius 3 is 2.25 bits per heavy atom. The molecule has 6 heteroatoms. The minimum atomic E-state index is -0.441. The van der Waals surface area contributed by atoms with E-state index in [0.29, 0.717) is 16.9 Å². The second-order valence-electron chi connectivity index (χ2n) is 6.38. The topological polar surface area (TPSA) is 72.7 Å². The van der Waals surface area contributed by atoms with Gasteiger partial charge in [0, 0.05) is 24.7 Å². The number of ether oxygens (including phenoxy) is 1. The van der Waals surface area contributed by atoms with Gasteiger partial charge in [-0.25, -0.2) is 0 Å². The van der Waals surface area contributed by atoms with Gasteiger partial charge in [0.05, 0.1) is 11.0 Å². The zero-order valence-corrected chi connectivity index (χ0v) is 15.6. The van der Waals surface area contributed by atoms with Crippen molar-refractivity contribution in [3.8, 4) is 11.5 Å². The van der Waals surface area contributed by atoms with E-state index in [0.717, 1.165) is 5.75 Å². The van der Waals surface area contributed by atoms with Crippen LogP contribution in [0.4, 0.5) is 5.69 Å². The molecule has 1 atom stereocenters. The lowest BCUT2D eigenvalue weighted by Gasteiger charge is -2.25. The molecule has 0 aliphatic heterocycles. The third-order valence-electron chi connectivity index (χ3n) is 4.54. The molecule has 28 heavy (non-hydrogen) atoms. The fraction of sp³-hybridized carbons (Fsp3) is 0.136. The predicted molar refractivity (Wildman–Crippen MR) is 107 cm³/mol. The average molecular weight is 376 g/mol. The summed E-state index contributed by atoms with van der Waals surface area (Å²) in [6, 6.07) is 22.3. The maximum atomic E-state index is 12.8. The Balaban J connectivity index is 1.72. The highest BCUT2D eigenvalue weighted by Gasteiger charge is 2.20. The summed E-state index contributed by atoms with van der Waals surface area (Å²) in [7, 11) is 1.68. The smallest absolute Gasteiger partial charge is 0.269 e. The van der Waals surface area contributed by atoms with Crippen LogP contribution >= 0.6 is 0 Å². The Morgan fingerprint density at radius 1 is 0.964 bits per heavy atom. The highest BCUT2D eigenvalue weighted by Crippen LogP contribution is 2.26. The molecule has 6 nitrogen and oxygen atoms in total. The number of hydrogen-bond donors (Lipinski definition) is 0. The molecule has 0 radical (unpaired) electrons. The zero-order chi connectivity index (χ0) is 20.1. The molecular weight excluding hydrogens is 356 g/mol. The van der Waals surface area contributed by atoms with Gasteiger partial charge in [-0.05, 0) is 48.9 Å². The van der Waals surface area contributed by atoms with Gasteiger partial charge >= 0.3 is 0 Å². The fourth-order valence-electron chi connectivity index (χ4n) is 2.79. The SMILES string of the molecule is CC(c1cccc([N+](=O)[O-])c1)N(C)C(=O)c1ccc(Oc2ccccc2)cc1. The maximum Gasteiger partial charge on any atom is 0.269 e. The van der Waals surface area contributed by atoms with Crippen LogP contribution in [0, 0.1) is 10.1 Å². The molecule has 0 aliphatic rings. The van der Waals surface area contributed by atoms with Crippen molar-refractivity contribution in [3.05, 3.63) is 100 Å². The first kappa shape index (κ1) is 19.1. The minimum Gasteiger partial charge on any atom is -0.457 e. The van der Waals surface area contributed by atoms with Gasteiger partial charge in [-0.1, -0.05) is 30.3 Å². The lowest BCUT2D eigenvalue weighted by atomic mass is 10.1. The van der Waals surface area contributed by atoms with Crippen molar-refractivity contribution in [2.45, 2.75) is 13.0 Å². The monoisotopic (exact) mass is 376 g/mol. The molecule has 0 saturated carbocycles. The fourth-order valence-corrected chi connectivity index (χ4v) is 2.79. The Morgan fingerprint density at radius 2 is 1.61 bits per heavy atom. The van der Waals surface area contributed by atoms with Crippen LogP contribution in [-0.4, -0.2) is 22.8 Å². The largest absolute Gasteiger partial charge is 0.457 e. The normalized spacial score (nSPS) is 11.5. The molecule has 142 valence electrons. The molecule has 0 N–H and O–H groups in total. The summed E-state index contributed by atoms with van der Waals surface area (Å²) in [4.78, 5) is 24.9. The molecule has 0 spiro atoms. The van der Waals surface area contributed by atoms with Gasteiger partial charge in [0.2, 0.25) is 0 Å². The van der Waals surface area contributed by atoms with Crippen LogP contribution in [0.2, 0.25) is 0 Å². The number of rotatable bonds is 6. The molecule has 1 unspecified atom stereocenters. The van der Waals surface area contributed by atoms with E-state index in [1.807, 2.05) is 37.3 Å². The summed E-state index contributed by atoms with van der Waals surface area (Å²) < 4.78 is 5.74. The first-order valence-corrected chi connectivity index (χ1v) is 8.80. The highest BCUT2D eigenvalue weighted by molar-refractivity contribution is 5.94. The van der Waals surface area contributed by atoms with Crippen LogP contribution in [0.5, 0.6) is 11.5 Å². The second-order valence-corrected chi connectivity index (χ2v) is 6.38. The van der Waals surface area contributed by atoms with Gasteiger partial charge in [-0.2, -0.15) is 0 Å². The van der Waals surface area contributed by atoms with Crippen LogP contribution in [0.3, 0.4) is 0 Å². The number of carbonyl (C=O) groups excluding carboxylic acids is 1. The summed E-state index contributed by atoms with van der Waals surface area (Å²) in [5.41, 5.74) is 1.22. The van der Waals surface area contributed by atoms with Crippen molar-refractivity contribution in [2.24, 2.45) is 0 Å². The molecule has 1 amide bonds. The summed E-state index contributed by atoms with van der Waals surface area (Å²) in [5, 5.41) is 11.0. The number of nitro benzene ring substituents is 1. The molecule has 0 aromatic heterocycles. The standard InChI is InChI=1S/C22H20N2O4/c1-16(18-7-6-8-19(15-18)24(26)27)23(2)22(25)17-11-13-21(14-12-17)28-20-9-4-3-5-10-20/h3-16H,1-2H3. The Bertz CT molecular complexity index is 971. The van der Waals surface area contributed by atoms with Crippen LogP contribution in [0.15, 0.2) is 78.9 Å². The molecule has 0 fully saturated rings. The summed E-state index contributed by atoms with van der Waals surface area (Å²) in [6.45, 7) is 1.84. The summed E-state index contributed by atoms with van der Waals surface area (Å²) in [6.07, 6.45) is 0. The van der Waals surface area contributed by atoms with Crippen molar-refractivity contribution in [2.75, 3.05) is 7.05 Å². The molecule has 0 bridgehead atoms. The van der Waals surface area contributed by atoms with E-state index < -0.39 is 4.92 Å². The number of hydrogen-bond acceptors (Lipinski definition) is 4. The first-order chi connectivity index (χ1) is 13.5. The first-order valence-electron chi connectivity index (χ1n) is 8.80. The van der Waals surface area contributed by atoms with Crippen LogP contribution in [0.1, 0.15) is 28.9 Å². The molecular formula is C22H20N2O4. The second kappa shape index (κ2) is 8.35. The molecule has 0 saturated heterocycles. The molecule has 0 aliphatic carbocycles. The highest BCUT2D eigenvalue weighted by atomic mass is 16.6. The van der Waals surface area contributed by atoms with Crippen LogP contribution < -0.4 is 4.74 Å². The average Bonchev–Trinajstić information content (AvgIpc) is 2.73. The number of para-hydroxylation sites is 1. The van der Waals surface area contributed by atoms with E-state index in [2.05, 4.69) is 0 Å². The Labute approximate surface area is 163 Å². The number of amides is 1. The number of nitrogens with zero attached hydrogens (tertiary/aromatic N) is 2. The maximum absolute atomic E-state index is 12.8. The minimum absolute atomic E-state index is 0.00705. The van der Waals surface area contributed by atoms with E-state index in [9.17, 15) is 14.9 Å². The lowest BCUT2D eigenvalue weighted by Crippen LogP contribution is -2.29. The quantitative estimate of drug-likeness (QED) is 0.437. The van der Waals surface area contributed by atoms with Crippen LogP contribution in [0.25, 0.3) is 0 Å². The van der Waals surface area contributed by atoms with Crippen LogP contribution in [-0.2, 0) is 0 Å². The third kappa shape index (κ3) is 4.35. The number of benzene rings is 3. The Hall–Kier alpha value is -3.67. The van der Waals surface area contributed by atoms with Crippen molar-refractivity contribution in [1.82, 2.24) is 4.90 Å². The van der Waals surface area contributed by atoms with Gasteiger partial charge in [0.1, 0.15) is 11.5 Å². The lowest BCUT2D eigenvalue weighted by molar-refractivity contribution is -0.384. The molecule has 3 rings (SSSR count). The molecule has 3 aromatic carbocycles. The zero-order valence-electron chi connectivity index (χ0n) is 15.6. The van der Waals surface area contributed by atoms with Gasteiger partial charge in [0.25, 0.3) is 11.6 Å². The van der Waals surface area contributed by atoms with E-state index in [-0.39, 0.29) is 17.6 Å². The number of carbonyl (C=O) groups is 1. The van der Waals surface area contributed by atoms with Gasteiger partial charge in [-0.3, -0.25) is 14.9 Å². The predicted octanol–water partition coefficient (Wildman–Crippen LogP) is 5.22. The van der Waals surface area contributed by atoms with Gasteiger partial charge in [0.15, 0.2) is 0 Å². The van der Waals surface area contributed by atoms with E-state index >= 15 is 0 Å². The van der Waals surface area contributed by atoms with Crippen molar-refractivity contribution >= 4 is 11.6 Å². The van der Waals surface area contributed by atoms with Crippen molar-refractivity contribution in [3.63, 3.8) is 0 Å². The molecule has 3 aromatic rings. The Kier molecular flexibility index (Phi) is 5.69. The summed E-state index contributed by atoms with van der Waals surface area (Å²) in [5.74, 6) is 1.18. The van der Waals surface area contributed by atoms with E-state index in [4.69, 9.17) is 4.74 Å². The summed E-state index contributed by atoms with van der Waals surface area (Å²) >= 11 is 0. The van der Waals surface area contributed by atoms with Crippen molar-refractivity contribution in [1.29, 1.82) is 0 Å². The van der Waals surface area contributed by atoms with Crippen molar-refractivity contribution < 1.29 is 14.5 Å². The molecule has 0 heterocycles. The van der Waals surface area contributed by atoms with Gasteiger partial charge < -0.3 is 9.64 Å². The third-order valence-corrected chi connectivity index (χ3v) is 4.54.